The average Bonchev–Trinajstić information content (AvgIpc) is 2.27. The minimum atomic E-state index is -0.349. The van der Waals surface area contributed by atoms with E-state index < -0.39 is 0 Å². The Labute approximate surface area is 98.2 Å². The zero-order valence-electron chi connectivity index (χ0n) is 11.0. The molecule has 0 aliphatic rings. The number of ketones is 1. The highest BCUT2D eigenvalue weighted by atomic mass is 16.2. The molecule has 0 aromatic heterocycles. The lowest BCUT2D eigenvalue weighted by Crippen LogP contribution is -2.50. The van der Waals surface area contributed by atoms with Crippen molar-refractivity contribution in [3.05, 3.63) is 0 Å². The van der Waals surface area contributed by atoms with Crippen molar-refractivity contribution in [1.82, 2.24) is 10.6 Å². The van der Waals surface area contributed by atoms with E-state index >= 15 is 0 Å². The maximum atomic E-state index is 11.7. The Hall–Kier alpha value is -0.900. The molecule has 0 bridgehead atoms. The van der Waals surface area contributed by atoms with E-state index in [4.69, 9.17) is 0 Å². The van der Waals surface area contributed by atoms with Gasteiger partial charge in [0.1, 0.15) is 0 Å². The first-order valence-corrected chi connectivity index (χ1v) is 5.95. The van der Waals surface area contributed by atoms with Crippen LogP contribution in [0.15, 0.2) is 0 Å². The molecule has 0 saturated heterocycles. The highest BCUT2D eigenvalue weighted by Crippen LogP contribution is 2.14. The molecule has 0 unspecified atom stereocenters. The van der Waals surface area contributed by atoms with E-state index in [1.165, 1.54) is 6.92 Å². The molecule has 16 heavy (non-hydrogen) atoms. The molecular weight excluding hydrogens is 204 g/mol. The van der Waals surface area contributed by atoms with Crippen LogP contribution >= 0.6 is 0 Å². The van der Waals surface area contributed by atoms with E-state index in [-0.39, 0.29) is 29.7 Å². The lowest BCUT2D eigenvalue weighted by atomic mass is 9.91. The van der Waals surface area contributed by atoms with Gasteiger partial charge >= 0.3 is 0 Å². The Morgan fingerprint density at radius 2 is 1.69 bits per heavy atom. The van der Waals surface area contributed by atoms with E-state index in [2.05, 4.69) is 10.6 Å². The topological polar surface area (TPSA) is 58.2 Å². The number of rotatable bonds is 7. The summed E-state index contributed by atoms with van der Waals surface area (Å²) in [6.45, 7) is 7.39. The van der Waals surface area contributed by atoms with Crippen LogP contribution in [0.25, 0.3) is 0 Å². The number of likely N-dealkylation sites (N-methyl/N-ethyl adjacent to an activating group) is 1. The van der Waals surface area contributed by atoms with Crippen LogP contribution in [-0.4, -0.2) is 30.8 Å². The van der Waals surface area contributed by atoms with Crippen LogP contribution in [0.2, 0.25) is 0 Å². The van der Waals surface area contributed by atoms with Crippen LogP contribution in [0.5, 0.6) is 0 Å². The van der Waals surface area contributed by atoms with Crippen molar-refractivity contribution in [2.75, 3.05) is 7.05 Å². The predicted molar refractivity (Wildman–Crippen MR) is 65.2 cm³/mol. The molecule has 2 atom stereocenters. The second-order valence-electron chi connectivity index (χ2n) is 4.18. The van der Waals surface area contributed by atoms with Gasteiger partial charge in [-0.2, -0.15) is 0 Å². The lowest BCUT2D eigenvalue weighted by molar-refractivity contribution is -0.129. The number of carbonyl (C=O) groups is 2. The van der Waals surface area contributed by atoms with Crippen LogP contribution in [-0.2, 0) is 9.59 Å². The van der Waals surface area contributed by atoms with Crippen molar-refractivity contribution >= 4 is 11.7 Å². The summed E-state index contributed by atoms with van der Waals surface area (Å²) in [7, 11) is 1.73. The lowest BCUT2D eigenvalue weighted by Gasteiger charge is -2.25. The molecule has 0 spiro atoms. The van der Waals surface area contributed by atoms with Gasteiger partial charge in [0.15, 0.2) is 5.78 Å². The Morgan fingerprint density at radius 1 is 1.19 bits per heavy atom. The van der Waals surface area contributed by atoms with Crippen molar-refractivity contribution in [2.45, 2.75) is 52.6 Å². The molecule has 0 fully saturated rings. The fourth-order valence-electron chi connectivity index (χ4n) is 1.72. The van der Waals surface area contributed by atoms with Gasteiger partial charge in [0.05, 0.1) is 12.1 Å². The van der Waals surface area contributed by atoms with Gasteiger partial charge in [0.25, 0.3) is 0 Å². The number of carbonyl (C=O) groups excluding carboxylic acids is 2. The molecular formula is C12H24N2O2. The Bertz CT molecular complexity index is 237. The first kappa shape index (κ1) is 15.1. The molecule has 0 aliphatic heterocycles. The summed E-state index contributed by atoms with van der Waals surface area (Å²) >= 11 is 0. The zero-order valence-corrected chi connectivity index (χ0v) is 11.0. The molecule has 0 aromatic rings. The molecule has 0 rings (SSSR count). The number of Topliss-reactive ketones (excluding diaryl/α,β-unsaturated/α-hetero) is 1. The van der Waals surface area contributed by atoms with Crippen LogP contribution in [0.3, 0.4) is 0 Å². The summed E-state index contributed by atoms with van der Waals surface area (Å²) in [5, 5.41) is 5.68. The number of nitrogens with one attached hydrogen (secondary N) is 2. The van der Waals surface area contributed by atoms with Gasteiger partial charge in [-0.05, 0) is 26.8 Å². The monoisotopic (exact) mass is 228 g/mol. The van der Waals surface area contributed by atoms with Gasteiger partial charge in [0.2, 0.25) is 5.91 Å². The molecule has 0 aromatic carbocycles. The van der Waals surface area contributed by atoms with Crippen LogP contribution in [0.1, 0.15) is 40.5 Å². The zero-order chi connectivity index (χ0) is 12.7. The van der Waals surface area contributed by atoms with Crippen LogP contribution in [0.4, 0.5) is 0 Å². The van der Waals surface area contributed by atoms with Crippen LogP contribution in [0, 0.1) is 5.92 Å². The second-order valence-corrected chi connectivity index (χ2v) is 4.18. The minimum Gasteiger partial charge on any atom is -0.345 e. The third kappa shape index (κ3) is 4.31. The molecule has 1 amide bonds. The third-order valence-corrected chi connectivity index (χ3v) is 3.08. The van der Waals surface area contributed by atoms with Gasteiger partial charge in [0, 0.05) is 0 Å². The Morgan fingerprint density at radius 3 is 2.00 bits per heavy atom. The summed E-state index contributed by atoms with van der Waals surface area (Å²) < 4.78 is 0. The Kier molecular flexibility index (Phi) is 6.97. The maximum Gasteiger partial charge on any atom is 0.237 e. The molecule has 0 aliphatic carbocycles. The van der Waals surface area contributed by atoms with Gasteiger partial charge in [-0.15, -0.1) is 0 Å². The quantitative estimate of drug-likeness (QED) is 0.686. The highest BCUT2D eigenvalue weighted by Gasteiger charge is 2.25. The van der Waals surface area contributed by atoms with Gasteiger partial charge in [-0.3, -0.25) is 9.59 Å². The average molecular weight is 228 g/mol. The first-order valence-electron chi connectivity index (χ1n) is 5.95. The Balaban J connectivity index is 4.56. The van der Waals surface area contributed by atoms with Gasteiger partial charge in [-0.25, -0.2) is 0 Å². The molecule has 0 heterocycles. The normalized spacial score (nSPS) is 14.6. The van der Waals surface area contributed by atoms with Crippen molar-refractivity contribution < 1.29 is 9.59 Å². The number of amides is 1. The smallest absolute Gasteiger partial charge is 0.237 e. The molecule has 94 valence electrons. The molecule has 2 N–H and O–H groups in total. The van der Waals surface area contributed by atoms with Crippen LogP contribution < -0.4 is 10.6 Å². The molecule has 0 radical (unpaired) electrons. The fourth-order valence-corrected chi connectivity index (χ4v) is 1.72. The molecule has 0 saturated carbocycles. The third-order valence-electron chi connectivity index (χ3n) is 3.08. The van der Waals surface area contributed by atoms with E-state index in [1.807, 2.05) is 13.8 Å². The van der Waals surface area contributed by atoms with Gasteiger partial charge in [-0.1, -0.05) is 26.7 Å². The van der Waals surface area contributed by atoms with Gasteiger partial charge < -0.3 is 10.6 Å². The summed E-state index contributed by atoms with van der Waals surface area (Å²) in [5.41, 5.74) is 0. The van der Waals surface area contributed by atoms with E-state index in [1.54, 1.807) is 14.0 Å². The van der Waals surface area contributed by atoms with Crippen molar-refractivity contribution in [2.24, 2.45) is 5.92 Å². The summed E-state index contributed by atoms with van der Waals surface area (Å²) in [6.07, 6.45) is 1.80. The summed E-state index contributed by atoms with van der Waals surface area (Å²) in [6, 6.07) is -0.616. The largest absolute Gasteiger partial charge is 0.345 e. The SMILES string of the molecule is CCC(CC)[C@H](NC(=O)[C@H](C)NC)C(C)=O. The predicted octanol–water partition coefficient (Wildman–Crippen LogP) is 1.10. The highest BCUT2D eigenvalue weighted by molar-refractivity contribution is 5.89. The van der Waals surface area contributed by atoms with E-state index in [0.717, 1.165) is 12.8 Å². The van der Waals surface area contributed by atoms with Crippen molar-refractivity contribution in [3.63, 3.8) is 0 Å². The van der Waals surface area contributed by atoms with E-state index in [9.17, 15) is 9.59 Å². The first-order chi connectivity index (χ1) is 7.47. The van der Waals surface area contributed by atoms with Crippen molar-refractivity contribution in [3.8, 4) is 0 Å². The maximum absolute atomic E-state index is 11.7. The minimum absolute atomic E-state index is 0.0327. The summed E-state index contributed by atoms with van der Waals surface area (Å²) in [4.78, 5) is 23.2. The summed E-state index contributed by atoms with van der Waals surface area (Å²) in [5.74, 6) is 0.144. The number of hydrogen-bond acceptors (Lipinski definition) is 3. The van der Waals surface area contributed by atoms with E-state index in [0.29, 0.717) is 0 Å². The standard InChI is InChI=1S/C12H24N2O2/c1-6-10(7-2)11(9(4)15)14-12(16)8(3)13-5/h8,10-11,13H,6-7H2,1-5H3,(H,14,16)/t8-,11+/m0/s1. The number of hydrogen-bond donors (Lipinski definition) is 2. The molecule has 4 heteroatoms. The van der Waals surface area contributed by atoms with Crippen molar-refractivity contribution in [1.29, 1.82) is 0 Å². The second kappa shape index (κ2) is 7.39. The fraction of sp³-hybridized carbons (Fsp3) is 0.833. The molecule has 4 nitrogen and oxygen atoms in total.